The Kier molecular flexibility index (Phi) is 4.42. The Morgan fingerprint density at radius 3 is 2.70 bits per heavy atom. The topological polar surface area (TPSA) is 46.4 Å². The number of fused-ring (bicyclic) bond motifs is 3. The molecule has 0 aliphatic heterocycles. The fourth-order valence-corrected chi connectivity index (χ4v) is 4.25. The maximum atomic E-state index is 13.8. The van der Waals surface area contributed by atoms with Crippen molar-refractivity contribution in [1.82, 2.24) is 4.98 Å². The Labute approximate surface area is 158 Å². The number of hydrogen-bond acceptors (Lipinski definition) is 3. The highest BCUT2D eigenvalue weighted by Gasteiger charge is 2.22. The van der Waals surface area contributed by atoms with Gasteiger partial charge in [-0.3, -0.25) is 10.1 Å². The Hall–Kier alpha value is -3.11. The number of carbonyl (C=O) groups is 1. The van der Waals surface area contributed by atoms with Crippen molar-refractivity contribution in [3.8, 4) is 10.4 Å². The van der Waals surface area contributed by atoms with Gasteiger partial charge in [-0.05, 0) is 42.5 Å². The van der Waals surface area contributed by atoms with Crippen molar-refractivity contribution in [2.24, 2.45) is 0 Å². The molecule has 3 aromatic rings. The van der Waals surface area contributed by atoms with Crippen molar-refractivity contribution in [3.63, 3.8) is 0 Å². The van der Waals surface area contributed by atoms with Crippen molar-refractivity contribution < 1.29 is 13.6 Å². The average Bonchev–Trinajstić information content (AvgIpc) is 2.95. The van der Waals surface area contributed by atoms with Crippen molar-refractivity contribution in [3.05, 3.63) is 76.3 Å². The first-order valence-electron chi connectivity index (χ1n) is 8.32. The number of amides is 1. The molecule has 0 unspecified atom stereocenters. The minimum absolute atomic E-state index is 0.301. The first kappa shape index (κ1) is 17.3. The quantitative estimate of drug-likeness (QED) is 0.606. The van der Waals surface area contributed by atoms with Crippen LogP contribution in [0, 0.1) is 18.2 Å². The lowest BCUT2D eigenvalue weighted by Gasteiger charge is -2.06. The van der Waals surface area contributed by atoms with Crippen LogP contribution in [0.3, 0.4) is 0 Å². The van der Waals surface area contributed by atoms with E-state index in [1.165, 1.54) is 17.4 Å². The number of carbonyl (C=O) groups excluding carboxylic acids is 1. The predicted molar refractivity (Wildman–Crippen MR) is 100 cm³/mol. The van der Waals surface area contributed by atoms with Crippen LogP contribution in [0.5, 0.6) is 0 Å². The van der Waals surface area contributed by atoms with Crippen LogP contribution >= 0.6 is 11.3 Å². The van der Waals surface area contributed by atoms with E-state index >= 15 is 0 Å². The smallest absolute Gasteiger partial charge is 0.263 e. The van der Waals surface area contributed by atoms with Gasteiger partial charge in [0.05, 0.1) is 17.1 Å². The minimum Gasteiger partial charge on any atom is -0.298 e. The lowest BCUT2D eigenvalue weighted by atomic mass is 10.0. The lowest BCUT2D eigenvalue weighted by Crippen LogP contribution is -2.15. The van der Waals surface area contributed by atoms with Gasteiger partial charge in [0.15, 0.2) is 10.8 Å². The van der Waals surface area contributed by atoms with Crippen LogP contribution in [0.2, 0.25) is 0 Å². The second-order valence-corrected chi connectivity index (χ2v) is 7.15. The second-order valence-electron chi connectivity index (χ2n) is 6.15. The zero-order valence-electron chi connectivity index (χ0n) is 14.1. The molecule has 1 heterocycles. The van der Waals surface area contributed by atoms with Crippen LogP contribution in [0.1, 0.15) is 28.0 Å². The van der Waals surface area contributed by atoms with Gasteiger partial charge in [0.1, 0.15) is 17.2 Å². The maximum absolute atomic E-state index is 13.8. The van der Waals surface area contributed by atoms with Gasteiger partial charge in [0.2, 0.25) is 0 Å². The number of aromatic nitrogens is 1. The van der Waals surface area contributed by atoms with Crippen molar-refractivity contribution >= 4 is 28.1 Å². The maximum Gasteiger partial charge on any atom is 0.263 e. The van der Waals surface area contributed by atoms with Crippen LogP contribution in [-0.4, -0.2) is 10.9 Å². The molecule has 1 aromatic heterocycles. The number of rotatable bonds is 2. The standard InChI is InChI=1S/C20H13F2N3OS/c1-23-12-8-9-13-11(10-12)4-2-7-16-18(13)27-20(24-16)25-19(26)17-14(21)5-3-6-15(17)22/h3,5-6,8-10H,2,4,7H2,(H,24,25,26). The van der Waals surface area contributed by atoms with Gasteiger partial charge in [-0.25, -0.2) is 18.6 Å². The van der Waals surface area contributed by atoms with Crippen LogP contribution in [0.15, 0.2) is 36.4 Å². The van der Waals surface area contributed by atoms with Crippen LogP contribution < -0.4 is 5.32 Å². The van der Waals surface area contributed by atoms with Gasteiger partial charge >= 0.3 is 0 Å². The van der Waals surface area contributed by atoms with E-state index in [1.807, 2.05) is 12.1 Å². The number of aryl methyl sites for hydroxylation is 2. The molecule has 1 N–H and O–H groups in total. The summed E-state index contributed by atoms with van der Waals surface area (Å²) in [5, 5.41) is 2.81. The van der Waals surface area contributed by atoms with Gasteiger partial charge in [-0.1, -0.05) is 35.6 Å². The molecule has 134 valence electrons. The van der Waals surface area contributed by atoms with Gasteiger partial charge in [0, 0.05) is 0 Å². The fraction of sp³-hybridized carbons (Fsp3) is 0.150. The number of halogens is 2. The molecule has 0 bridgehead atoms. The summed E-state index contributed by atoms with van der Waals surface area (Å²) in [7, 11) is 0. The number of anilines is 1. The number of hydrogen-bond donors (Lipinski definition) is 1. The molecule has 0 saturated heterocycles. The molecule has 1 aliphatic carbocycles. The minimum atomic E-state index is -0.914. The number of thiazole rings is 1. The second kappa shape index (κ2) is 6.89. The number of nitrogens with zero attached hydrogens (tertiary/aromatic N) is 2. The molecule has 2 aromatic carbocycles. The predicted octanol–water partition coefficient (Wildman–Crippen LogP) is 5.38. The summed E-state index contributed by atoms with van der Waals surface area (Å²) in [4.78, 5) is 21.2. The average molecular weight is 381 g/mol. The van der Waals surface area contributed by atoms with Crippen molar-refractivity contribution in [2.75, 3.05) is 5.32 Å². The first-order valence-corrected chi connectivity index (χ1v) is 9.14. The molecule has 0 radical (unpaired) electrons. The molecule has 0 saturated carbocycles. The summed E-state index contributed by atoms with van der Waals surface area (Å²) in [6, 6.07) is 8.83. The fourth-order valence-electron chi connectivity index (χ4n) is 3.18. The summed E-state index contributed by atoms with van der Waals surface area (Å²) in [6.07, 6.45) is 2.46. The number of nitrogens with one attached hydrogen (secondary N) is 1. The zero-order chi connectivity index (χ0) is 19.0. The van der Waals surface area contributed by atoms with Gasteiger partial charge in [-0.2, -0.15) is 0 Å². The summed E-state index contributed by atoms with van der Waals surface area (Å²) in [6.45, 7) is 7.16. The van der Waals surface area contributed by atoms with Gasteiger partial charge < -0.3 is 0 Å². The molecule has 0 fully saturated rings. The molecular formula is C20H13F2N3OS. The van der Waals surface area contributed by atoms with E-state index in [0.717, 1.165) is 53.1 Å². The monoisotopic (exact) mass is 381 g/mol. The van der Waals surface area contributed by atoms with Crippen LogP contribution in [-0.2, 0) is 12.8 Å². The lowest BCUT2D eigenvalue weighted by molar-refractivity contribution is 0.101. The van der Waals surface area contributed by atoms with Crippen LogP contribution in [0.25, 0.3) is 15.3 Å². The van der Waals surface area contributed by atoms with E-state index in [4.69, 9.17) is 6.57 Å². The summed E-state index contributed by atoms with van der Waals surface area (Å²) in [5.41, 5.74) is 2.88. The van der Waals surface area contributed by atoms with Gasteiger partial charge in [-0.15, -0.1) is 0 Å². The zero-order valence-corrected chi connectivity index (χ0v) is 14.9. The highest BCUT2D eigenvalue weighted by Crippen LogP contribution is 2.40. The molecule has 1 aliphatic rings. The largest absolute Gasteiger partial charge is 0.298 e. The molecule has 0 spiro atoms. The van der Waals surface area contributed by atoms with E-state index < -0.39 is 23.1 Å². The third-order valence-electron chi connectivity index (χ3n) is 4.43. The van der Waals surface area contributed by atoms with E-state index in [9.17, 15) is 13.6 Å². The first-order chi connectivity index (χ1) is 13.1. The normalized spacial score (nSPS) is 12.5. The summed E-state index contributed by atoms with van der Waals surface area (Å²) in [5.74, 6) is -2.69. The highest BCUT2D eigenvalue weighted by atomic mass is 32.1. The molecule has 7 heteroatoms. The SMILES string of the molecule is [C-]#[N+]c1ccc2c(c1)CCCc1nc(NC(=O)c3c(F)cccc3F)sc1-2. The Morgan fingerprint density at radius 1 is 1.19 bits per heavy atom. The Balaban J connectivity index is 1.69. The van der Waals surface area contributed by atoms with Crippen molar-refractivity contribution in [2.45, 2.75) is 19.3 Å². The van der Waals surface area contributed by atoms with E-state index in [0.29, 0.717) is 10.8 Å². The van der Waals surface area contributed by atoms with E-state index in [1.54, 1.807) is 6.07 Å². The molecule has 4 nitrogen and oxygen atoms in total. The molecular weight excluding hydrogens is 368 g/mol. The molecule has 0 atom stereocenters. The van der Waals surface area contributed by atoms with Crippen LogP contribution in [0.4, 0.5) is 19.6 Å². The third kappa shape index (κ3) is 3.20. The summed E-state index contributed by atoms with van der Waals surface area (Å²) < 4.78 is 27.6. The van der Waals surface area contributed by atoms with E-state index in [2.05, 4.69) is 15.1 Å². The van der Waals surface area contributed by atoms with E-state index in [-0.39, 0.29) is 0 Å². The Bertz CT molecular complexity index is 1080. The molecule has 4 rings (SSSR count). The third-order valence-corrected chi connectivity index (χ3v) is 5.48. The Morgan fingerprint density at radius 2 is 1.96 bits per heavy atom. The summed E-state index contributed by atoms with van der Waals surface area (Å²) >= 11 is 1.27. The van der Waals surface area contributed by atoms with Gasteiger partial charge in [0.25, 0.3) is 5.91 Å². The molecule has 1 amide bonds. The van der Waals surface area contributed by atoms with Crippen molar-refractivity contribution in [1.29, 1.82) is 0 Å². The highest BCUT2D eigenvalue weighted by molar-refractivity contribution is 7.19. The number of benzene rings is 2. The molecule has 27 heavy (non-hydrogen) atoms.